The Bertz CT molecular complexity index is 1760. The molecule has 0 saturated carbocycles. The van der Waals surface area contributed by atoms with E-state index in [2.05, 4.69) is 0 Å². The van der Waals surface area contributed by atoms with E-state index in [0.29, 0.717) is 0 Å². The highest BCUT2D eigenvalue weighted by Gasteiger charge is 2.51. The molecule has 0 radical (unpaired) electrons. The van der Waals surface area contributed by atoms with Crippen molar-refractivity contribution in [2.45, 2.75) is 79.9 Å². The van der Waals surface area contributed by atoms with Crippen LogP contribution in [0.25, 0.3) is 22.3 Å². The summed E-state index contributed by atoms with van der Waals surface area (Å²) in [5.41, 5.74) is -1.23. The molecule has 12 N–H and O–H groups in total. The Balaban J connectivity index is 1.14. The van der Waals surface area contributed by atoms with Gasteiger partial charge in [0.15, 0.2) is 29.5 Å². The summed E-state index contributed by atoms with van der Waals surface area (Å²) in [6.45, 7) is -1.68. The van der Waals surface area contributed by atoms with Crippen molar-refractivity contribution in [1.82, 2.24) is 0 Å². The molecule has 20 heteroatoms. The molecule has 0 unspecified atom stereocenters. The molecule has 3 aliphatic rings. The van der Waals surface area contributed by atoms with Gasteiger partial charge < -0.3 is 94.1 Å². The van der Waals surface area contributed by atoms with Crippen molar-refractivity contribution in [2.24, 2.45) is 0 Å². The highest BCUT2D eigenvalue weighted by molar-refractivity contribution is 5.86. The lowest BCUT2D eigenvalue weighted by atomic mass is 9.98. The molecule has 2 aromatic carbocycles. The molecule has 0 aliphatic carbocycles. The fraction of sp³-hybridized carbons (Fsp3) is 0.516. The Morgan fingerprint density at radius 1 is 0.667 bits per heavy atom. The van der Waals surface area contributed by atoms with Crippen molar-refractivity contribution < 1.29 is 94.1 Å². The topological polar surface area (TPSA) is 328 Å². The fourth-order valence-corrected chi connectivity index (χ4v) is 5.89. The van der Waals surface area contributed by atoms with Gasteiger partial charge in [-0.25, -0.2) is 0 Å². The lowest BCUT2D eigenvalue weighted by Gasteiger charge is -2.45. The average molecular weight is 729 g/mol. The van der Waals surface area contributed by atoms with Gasteiger partial charge in [-0.15, -0.1) is 0 Å². The molecule has 6 rings (SSSR count). The zero-order valence-electron chi connectivity index (χ0n) is 26.1. The Hall–Kier alpha value is -3.87. The smallest absolute Gasteiger partial charge is 0.229 e. The van der Waals surface area contributed by atoms with Crippen LogP contribution in [0.3, 0.4) is 0 Å². The van der Waals surface area contributed by atoms with Gasteiger partial charge in [0.1, 0.15) is 95.0 Å². The molecule has 3 aromatic rings. The maximum Gasteiger partial charge on any atom is 0.229 e. The number of benzene rings is 2. The second kappa shape index (κ2) is 14.6. The predicted octanol–water partition coefficient (Wildman–Crippen LogP) is -3.61. The van der Waals surface area contributed by atoms with Crippen molar-refractivity contribution in [1.29, 1.82) is 0 Å². The van der Waals surface area contributed by atoms with Gasteiger partial charge in [-0.1, -0.05) is 0 Å². The first-order valence-corrected chi connectivity index (χ1v) is 15.5. The number of aliphatic hydroxyl groups excluding tert-OH is 8. The number of hydrogen-bond acceptors (Lipinski definition) is 20. The number of phenols is 4. The number of aliphatic hydroxyl groups is 8. The van der Waals surface area contributed by atoms with E-state index in [9.17, 15) is 66.1 Å². The minimum absolute atomic E-state index is 0.179. The lowest BCUT2D eigenvalue weighted by molar-refractivity contribution is -0.355. The van der Waals surface area contributed by atoms with E-state index < -0.39 is 122 Å². The normalized spacial score (nSPS) is 35.9. The number of rotatable bonds is 8. The maximum absolute atomic E-state index is 12.8. The van der Waals surface area contributed by atoms with Crippen LogP contribution >= 0.6 is 0 Å². The fourth-order valence-electron chi connectivity index (χ4n) is 5.89. The van der Waals surface area contributed by atoms with E-state index in [-0.39, 0.29) is 34.6 Å². The Morgan fingerprint density at radius 3 is 2.04 bits per heavy atom. The number of ether oxygens (including phenoxy) is 6. The van der Waals surface area contributed by atoms with Gasteiger partial charge in [0.2, 0.25) is 6.29 Å². The SMILES string of the molecule is O=c1cc(-c2cc(O)c(O)cc2O)oc2cc(O[C@H]3O[C@@H](CO)[C@@H](O[C@H]4OC[C@@H](O[C@H]5OC[C@H](O)[C@H](O)[C@@H]5O)[C@H](O)[C@@H]4O)[C@@H](O)[C@@H]3O)cc(O)c12. The number of phenolic OH excluding ortho intramolecular Hbond substituents is 4. The van der Waals surface area contributed by atoms with Crippen LogP contribution < -0.4 is 10.2 Å². The zero-order valence-corrected chi connectivity index (χ0v) is 26.1. The molecule has 0 bridgehead atoms. The summed E-state index contributed by atoms with van der Waals surface area (Å²) in [7, 11) is 0. The lowest BCUT2D eigenvalue weighted by Crippen LogP contribution is -2.64. The summed E-state index contributed by atoms with van der Waals surface area (Å²) in [5, 5.41) is 123. The van der Waals surface area contributed by atoms with E-state index in [1.165, 1.54) is 0 Å². The highest BCUT2D eigenvalue weighted by Crippen LogP contribution is 2.40. The molecule has 1 aromatic heterocycles. The molecule has 280 valence electrons. The summed E-state index contributed by atoms with van der Waals surface area (Å²) >= 11 is 0. The van der Waals surface area contributed by atoms with Gasteiger partial charge in [0, 0.05) is 24.3 Å². The summed E-state index contributed by atoms with van der Waals surface area (Å²) in [4.78, 5) is 12.8. The predicted molar refractivity (Wildman–Crippen MR) is 162 cm³/mol. The van der Waals surface area contributed by atoms with Crippen LogP contribution in [-0.2, 0) is 23.7 Å². The van der Waals surface area contributed by atoms with Crippen LogP contribution in [0.2, 0.25) is 0 Å². The van der Waals surface area contributed by atoms with Crippen LogP contribution in [0.15, 0.2) is 39.5 Å². The van der Waals surface area contributed by atoms with Crippen LogP contribution in [0.5, 0.6) is 28.7 Å². The largest absolute Gasteiger partial charge is 0.507 e. The van der Waals surface area contributed by atoms with Gasteiger partial charge >= 0.3 is 0 Å². The molecular formula is C31H36O20. The average Bonchev–Trinajstić information content (AvgIpc) is 3.08. The van der Waals surface area contributed by atoms with Crippen LogP contribution in [0.4, 0.5) is 0 Å². The van der Waals surface area contributed by atoms with Gasteiger partial charge in [-0.2, -0.15) is 0 Å². The molecule has 0 spiro atoms. The van der Waals surface area contributed by atoms with Crippen molar-refractivity contribution in [2.75, 3.05) is 19.8 Å². The Kier molecular flexibility index (Phi) is 10.6. The van der Waals surface area contributed by atoms with Crippen molar-refractivity contribution in [3.8, 4) is 40.1 Å². The van der Waals surface area contributed by atoms with E-state index in [0.717, 1.165) is 30.3 Å². The second-order valence-electron chi connectivity index (χ2n) is 12.2. The monoisotopic (exact) mass is 728 g/mol. The highest BCUT2D eigenvalue weighted by atomic mass is 16.8. The first-order valence-electron chi connectivity index (χ1n) is 15.5. The molecular weight excluding hydrogens is 692 g/mol. The van der Waals surface area contributed by atoms with Crippen LogP contribution in [0.1, 0.15) is 0 Å². The number of hydrogen-bond donors (Lipinski definition) is 12. The first kappa shape index (κ1) is 36.9. The van der Waals surface area contributed by atoms with E-state index >= 15 is 0 Å². The van der Waals surface area contributed by atoms with Crippen molar-refractivity contribution in [3.63, 3.8) is 0 Å². The van der Waals surface area contributed by atoms with Crippen molar-refractivity contribution >= 4 is 11.0 Å². The molecule has 3 saturated heterocycles. The van der Waals surface area contributed by atoms with E-state index in [4.69, 9.17) is 32.8 Å². The van der Waals surface area contributed by atoms with Gasteiger partial charge in [-0.3, -0.25) is 4.79 Å². The zero-order chi connectivity index (χ0) is 36.9. The second-order valence-corrected chi connectivity index (χ2v) is 12.2. The summed E-state index contributed by atoms with van der Waals surface area (Å²) in [6, 6.07) is 4.78. The molecule has 4 heterocycles. The molecule has 3 fully saturated rings. The summed E-state index contributed by atoms with van der Waals surface area (Å²) in [6.07, 6.45) is -21.3. The summed E-state index contributed by atoms with van der Waals surface area (Å²) < 4.78 is 38.6. The minimum Gasteiger partial charge on any atom is -0.507 e. The van der Waals surface area contributed by atoms with Gasteiger partial charge in [0.25, 0.3) is 0 Å². The molecule has 13 atom stereocenters. The molecule has 51 heavy (non-hydrogen) atoms. The Morgan fingerprint density at radius 2 is 1.31 bits per heavy atom. The third-order valence-electron chi connectivity index (χ3n) is 8.70. The Labute approximate surface area is 285 Å². The van der Waals surface area contributed by atoms with Gasteiger partial charge in [-0.05, 0) is 6.07 Å². The maximum atomic E-state index is 12.8. The minimum atomic E-state index is -1.92. The van der Waals surface area contributed by atoms with Crippen LogP contribution in [0, 0.1) is 0 Å². The van der Waals surface area contributed by atoms with E-state index in [1.807, 2.05) is 0 Å². The van der Waals surface area contributed by atoms with Crippen LogP contribution in [-0.4, -0.2) is 161 Å². The number of fused-ring (bicyclic) bond motifs is 1. The first-order chi connectivity index (χ1) is 24.2. The summed E-state index contributed by atoms with van der Waals surface area (Å²) in [5.74, 6) is -2.97. The van der Waals surface area contributed by atoms with Gasteiger partial charge in [0.05, 0.1) is 25.4 Å². The molecule has 3 aliphatic heterocycles. The van der Waals surface area contributed by atoms with Crippen molar-refractivity contribution in [3.05, 3.63) is 40.6 Å². The molecule has 0 amide bonds. The third kappa shape index (κ3) is 7.15. The number of aromatic hydroxyl groups is 4. The van der Waals surface area contributed by atoms with E-state index in [1.54, 1.807) is 0 Å². The third-order valence-corrected chi connectivity index (χ3v) is 8.70. The molecule has 20 nitrogen and oxygen atoms in total. The standard InChI is InChI=1S/C31H36O20/c32-6-19-28(51-30-26(43)23(40)20(8-46-30)50-29-25(42)22(39)16(38)7-45-29)24(41)27(44)31(49-19)47-9-1-14(36)21-15(37)5-17(48-18(21)2-9)10-3-12(34)13(35)4-11(10)33/h1-5,16,19-20,22-36,38-44H,6-8H2/t16-,19-,20+,22-,23-,24-,25-,26-,27-,28+,29+,30+,31-/m0/s1. The quantitative estimate of drug-likeness (QED) is 0.0787.